The van der Waals surface area contributed by atoms with E-state index in [2.05, 4.69) is 5.18 Å². The molecule has 0 saturated heterocycles. The van der Waals surface area contributed by atoms with Crippen molar-refractivity contribution < 1.29 is 4.74 Å². The lowest BCUT2D eigenvalue weighted by Crippen LogP contribution is -1.95. The van der Waals surface area contributed by atoms with Crippen LogP contribution in [-0.2, 0) is 0 Å². The van der Waals surface area contributed by atoms with E-state index < -0.39 is 0 Å². The van der Waals surface area contributed by atoms with E-state index in [0.29, 0.717) is 0 Å². The molecule has 66 valence electrons. The van der Waals surface area contributed by atoms with Crippen LogP contribution in [0.25, 0.3) is 0 Å². The lowest BCUT2D eigenvalue weighted by molar-refractivity contribution is 0.416. The van der Waals surface area contributed by atoms with Gasteiger partial charge < -0.3 is 10.5 Å². The number of hydrogen-bond acceptors (Lipinski definition) is 5. The number of ether oxygens (including phenoxy) is 1. The van der Waals surface area contributed by atoms with Gasteiger partial charge in [-0.1, -0.05) is 0 Å². The third-order valence-corrected chi connectivity index (χ3v) is 1.60. The standard InChI is InChI=1S/C8H7N3O2/c1-13-8-5(4-9)2-3-6(11-12)7(8)10/h2-3H,10H2,1H3. The van der Waals surface area contributed by atoms with E-state index in [1.54, 1.807) is 0 Å². The molecule has 1 aromatic carbocycles. The fourth-order valence-corrected chi connectivity index (χ4v) is 0.977. The summed E-state index contributed by atoms with van der Waals surface area (Å²) in [7, 11) is 1.38. The molecule has 0 bridgehead atoms. The second-order valence-corrected chi connectivity index (χ2v) is 2.28. The van der Waals surface area contributed by atoms with E-state index in [4.69, 9.17) is 15.7 Å². The Morgan fingerprint density at radius 1 is 1.62 bits per heavy atom. The fraction of sp³-hybridized carbons (Fsp3) is 0.125. The number of nitrogens with two attached hydrogens (primary N) is 1. The summed E-state index contributed by atoms with van der Waals surface area (Å²) in [5, 5.41) is 11.3. The van der Waals surface area contributed by atoms with Gasteiger partial charge in [0.05, 0.1) is 12.7 Å². The predicted molar refractivity (Wildman–Crippen MR) is 47.6 cm³/mol. The van der Waals surface area contributed by atoms with Gasteiger partial charge in [0.2, 0.25) is 0 Å². The smallest absolute Gasteiger partial charge is 0.161 e. The first-order chi connectivity index (χ1) is 6.24. The lowest BCUT2D eigenvalue weighted by Gasteiger charge is -2.06. The molecule has 1 rings (SSSR count). The van der Waals surface area contributed by atoms with Crippen molar-refractivity contribution in [2.45, 2.75) is 0 Å². The van der Waals surface area contributed by atoms with Crippen LogP contribution in [0.1, 0.15) is 5.56 Å². The summed E-state index contributed by atoms with van der Waals surface area (Å²) in [4.78, 5) is 10.2. The highest BCUT2D eigenvalue weighted by Crippen LogP contribution is 2.34. The number of hydrogen-bond donors (Lipinski definition) is 1. The molecule has 2 N–H and O–H groups in total. The van der Waals surface area contributed by atoms with E-state index in [0.717, 1.165) is 0 Å². The Kier molecular flexibility index (Phi) is 2.45. The van der Waals surface area contributed by atoms with Crippen LogP contribution in [0.15, 0.2) is 17.3 Å². The fourth-order valence-electron chi connectivity index (χ4n) is 0.977. The predicted octanol–water partition coefficient (Wildman–Crippen LogP) is 1.55. The first-order valence-corrected chi connectivity index (χ1v) is 3.44. The minimum Gasteiger partial charge on any atom is -0.493 e. The number of benzene rings is 1. The lowest BCUT2D eigenvalue weighted by atomic mass is 10.1. The quantitative estimate of drug-likeness (QED) is 0.548. The SMILES string of the molecule is COc1c(C#N)ccc(N=O)c1N. The highest BCUT2D eigenvalue weighted by Gasteiger charge is 2.10. The maximum absolute atomic E-state index is 10.2. The molecule has 0 unspecified atom stereocenters. The van der Waals surface area contributed by atoms with Crippen molar-refractivity contribution in [2.75, 3.05) is 12.8 Å². The van der Waals surface area contributed by atoms with Gasteiger partial charge in [0, 0.05) is 0 Å². The summed E-state index contributed by atoms with van der Waals surface area (Å²) in [6.45, 7) is 0. The van der Waals surface area contributed by atoms with Gasteiger partial charge >= 0.3 is 0 Å². The maximum Gasteiger partial charge on any atom is 0.161 e. The van der Waals surface area contributed by atoms with Crippen LogP contribution in [0.5, 0.6) is 5.75 Å². The summed E-state index contributed by atoms with van der Waals surface area (Å²) in [6.07, 6.45) is 0. The Balaban J connectivity index is 3.42. The highest BCUT2D eigenvalue weighted by molar-refractivity contribution is 5.74. The molecule has 0 atom stereocenters. The van der Waals surface area contributed by atoms with Crippen molar-refractivity contribution in [1.29, 1.82) is 5.26 Å². The zero-order chi connectivity index (χ0) is 9.84. The Hall–Kier alpha value is -2.09. The van der Waals surface area contributed by atoms with Crippen LogP contribution in [0.3, 0.4) is 0 Å². The third-order valence-electron chi connectivity index (χ3n) is 1.60. The molecule has 0 amide bonds. The number of methoxy groups -OCH3 is 1. The average molecular weight is 177 g/mol. The van der Waals surface area contributed by atoms with Gasteiger partial charge in [0.25, 0.3) is 0 Å². The Morgan fingerprint density at radius 2 is 2.31 bits per heavy atom. The molecule has 0 aliphatic rings. The zero-order valence-electron chi connectivity index (χ0n) is 6.94. The number of nitrogens with zero attached hydrogens (tertiary/aromatic N) is 2. The molecule has 5 heteroatoms. The van der Waals surface area contributed by atoms with Crippen LogP contribution in [-0.4, -0.2) is 7.11 Å². The molecule has 0 heterocycles. The Bertz CT molecular complexity index is 382. The molecule has 13 heavy (non-hydrogen) atoms. The van der Waals surface area contributed by atoms with Crippen molar-refractivity contribution in [3.05, 3.63) is 22.6 Å². The van der Waals surface area contributed by atoms with Gasteiger partial charge in [-0.3, -0.25) is 0 Å². The highest BCUT2D eigenvalue weighted by atomic mass is 16.5. The first-order valence-electron chi connectivity index (χ1n) is 3.44. The second-order valence-electron chi connectivity index (χ2n) is 2.28. The van der Waals surface area contributed by atoms with Crippen molar-refractivity contribution >= 4 is 11.4 Å². The second kappa shape index (κ2) is 3.54. The number of nitrogen functional groups attached to an aromatic ring is 1. The molecule has 0 saturated carbocycles. The van der Waals surface area contributed by atoms with Gasteiger partial charge in [-0.05, 0) is 17.3 Å². The summed E-state index contributed by atoms with van der Waals surface area (Å²) in [6, 6.07) is 4.70. The van der Waals surface area contributed by atoms with E-state index in [1.165, 1.54) is 19.2 Å². The monoisotopic (exact) mass is 177 g/mol. The average Bonchev–Trinajstić information content (AvgIpc) is 2.17. The van der Waals surface area contributed by atoms with E-state index >= 15 is 0 Å². The zero-order valence-corrected chi connectivity index (χ0v) is 6.94. The van der Waals surface area contributed by atoms with Crippen molar-refractivity contribution in [3.8, 4) is 11.8 Å². The minimum atomic E-state index is 0.0795. The van der Waals surface area contributed by atoms with Gasteiger partial charge in [-0.2, -0.15) is 5.26 Å². The van der Waals surface area contributed by atoms with Crippen LogP contribution >= 0.6 is 0 Å². The Labute approximate surface area is 74.7 Å². The number of rotatable bonds is 2. The summed E-state index contributed by atoms with van der Waals surface area (Å²) >= 11 is 0. The van der Waals surface area contributed by atoms with Crippen molar-refractivity contribution in [3.63, 3.8) is 0 Å². The van der Waals surface area contributed by atoms with E-state index in [9.17, 15) is 4.91 Å². The Morgan fingerprint density at radius 3 is 2.77 bits per heavy atom. The van der Waals surface area contributed by atoms with Gasteiger partial charge in [0.1, 0.15) is 17.4 Å². The molecule has 0 aliphatic heterocycles. The normalized spacial score (nSPS) is 8.92. The summed E-state index contributed by atoms with van der Waals surface area (Å²) in [5.41, 5.74) is 5.97. The molecule has 0 aliphatic carbocycles. The van der Waals surface area contributed by atoms with Crippen LogP contribution in [0, 0.1) is 16.2 Å². The van der Waals surface area contributed by atoms with Crippen LogP contribution < -0.4 is 10.5 Å². The first kappa shape index (κ1) is 9.00. The topological polar surface area (TPSA) is 88.5 Å². The minimum absolute atomic E-state index is 0.0795. The summed E-state index contributed by atoms with van der Waals surface area (Å²) < 4.78 is 4.86. The molecule has 0 spiro atoms. The largest absolute Gasteiger partial charge is 0.493 e. The van der Waals surface area contributed by atoms with Crippen molar-refractivity contribution in [1.82, 2.24) is 0 Å². The maximum atomic E-state index is 10.2. The van der Waals surface area contributed by atoms with E-state index in [1.807, 2.05) is 6.07 Å². The molecular weight excluding hydrogens is 170 g/mol. The van der Waals surface area contributed by atoms with Gasteiger partial charge in [-0.25, -0.2) is 0 Å². The van der Waals surface area contributed by atoms with Crippen LogP contribution in [0.2, 0.25) is 0 Å². The molecule has 0 aromatic heterocycles. The van der Waals surface area contributed by atoms with Crippen LogP contribution in [0.4, 0.5) is 11.4 Å². The van der Waals surface area contributed by atoms with Crippen molar-refractivity contribution in [2.24, 2.45) is 5.18 Å². The number of nitriles is 1. The molecule has 5 nitrogen and oxygen atoms in total. The van der Waals surface area contributed by atoms with Gasteiger partial charge in [0.15, 0.2) is 5.75 Å². The summed E-state index contributed by atoms with van der Waals surface area (Å²) in [5.74, 6) is 0.194. The molecular formula is C8H7N3O2. The molecule has 0 radical (unpaired) electrons. The molecule has 0 fully saturated rings. The number of anilines is 1. The molecule has 1 aromatic rings. The number of nitroso groups, excluding NO2 is 1. The van der Waals surface area contributed by atoms with E-state index in [-0.39, 0.29) is 22.7 Å². The van der Waals surface area contributed by atoms with Gasteiger partial charge in [-0.15, -0.1) is 4.91 Å². The third kappa shape index (κ3) is 1.42.